The van der Waals surface area contributed by atoms with E-state index in [1.54, 1.807) is 6.92 Å². The monoisotopic (exact) mass is 176 g/mol. The minimum Gasteiger partial charge on any atom is -0.480 e. The van der Waals surface area contributed by atoms with Crippen molar-refractivity contribution in [3.8, 4) is 0 Å². The van der Waals surface area contributed by atoms with Crippen LogP contribution in [0.3, 0.4) is 0 Å². The molecule has 1 unspecified atom stereocenters. The van der Waals surface area contributed by atoms with E-state index in [4.69, 9.17) is 10.8 Å². The second-order valence-corrected chi connectivity index (χ2v) is 1.99. The fourth-order valence-corrected chi connectivity index (χ4v) is 0.537. The highest BCUT2D eigenvalue weighted by Crippen LogP contribution is 1.83. The van der Waals surface area contributed by atoms with Crippen molar-refractivity contribution in [3.05, 3.63) is 0 Å². The van der Waals surface area contributed by atoms with Gasteiger partial charge in [0, 0.05) is 6.54 Å². The summed E-state index contributed by atoms with van der Waals surface area (Å²) in [6.07, 6.45) is -0.768. The van der Waals surface area contributed by atoms with Crippen molar-refractivity contribution in [3.63, 3.8) is 0 Å². The zero-order valence-corrected chi connectivity index (χ0v) is 6.74. The van der Waals surface area contributed by atoms with Gasteiger partial charge in [-0.2, -0.15) is 0 Å². The largest absolute Gasteiger partial charge is 0.480 e. The number of carboxylic acids is 1. The number of nitrogens with one attached hydrogen (secondary N) is 1. The van der Waals surface area contributed by atoms with E-state index in [0.29, 0.717) is 0 Å². The van der Waals surface area contributed by atoms with E-state index in [0.717, 1.165) is 0 Å². The van der Waals surface area contributed by atoms with Gasteiger partial charge in [-0.3, -0.25) is 0 Å². The Morgan fingerprint density at radius 3 is 2.58 bits per heavy atom. The Bertz CT molecular complexity index is 171. The number of carbonyl (C=O) groups is 2. The first-order chi connectivity index (χ1) is 5.61. The summed E-state index contributed by atoms with van der Waals surface area (Å²) in [4.78, 5) is 21.0. The molecule has 0 aromatic rings. The lowest BCUT2D eigenvalue weighted by molar-refractivity contribution is -0.139. The summed E-state index contributed by atoms with van der Waals surface area (Å²) >= 11 is 0. The number of amides is 1. The number of carboxylic acid groups (broad SMARTS) is 1. The third-order valence-corrected chi connectivity index (χ3v) is 1.10. The Morgan fingerprint density at radius 1 is 1.67 bits per heavy atom. The van der Waals surface area contributed by atoms with Crippen molar-refractivity contribution in [1.82, 2.24) is 5.32 Å². The van der Waals surface area contributed by atoms with Crippen LogP contribution in [0.1, 0.15) is 6.92 Å². The maximum absolute atomic E-state index is 10.7. The molecule has 1 amide bonds. The van der Waals surface area contributed by atoms with Gasteiger partial charge in [0.15, 0.2) is 0 Å². The average molecular weight is 176 g/mol. The minimum atomic E-state index is -1.18. The highest BCUT2D eigenvalue weighted by Gasteiger charge is 2.17. The molecule has 0 aromatic heterocycles. The Balaban J connectivity index is 3.85. The van der Waals surface area contributed by atoms with Crippen LogP contribution in [0.25, 0.3) is 0 Å². The molecule has 0 rings (SSSR count). The lowest BCUT2D eigenvalue weighted by Crippen LogP contribution is -2.45. The molecule has 0 aliphatic rings. The van der Waals surface area contributed by atoms with Crippen LogP contribution in [0.4, 0.5) is 4.79 Å². The van der Waals surface area contributed by atoms with E-state index in [-0.39, 0.29) is 13.2 Å². The first-order valence-corrected chi connectivity index (χ1v) is 3.48. The van der Waals surface area contributed by atoms with E-state index < -0.39 is 18.1 Å². The predicted molar refractivity (Wildman–Crippen MR) is 40.6 cm³/mol. The predicted octanol–water partition coefficient (Wildman–Crippen LogP) is -0.856. The van der Waals surface area contributed by atoms with Gasteiger partial charge in [-0.05, 0) is 6.92 Å². The van der Waals surface area contributed by atoms with E-state index in [9.17, 15) is 9.59 Å². The summed E-state index contributed by atoms with van der Waals surface area (Å²) in [7, 11) is 0. The Labute approximate surface area is 69.7 Å². The topological polar surface area (TPSA) is 102 Å². The summed E-state index contributed by atoms with van der Waals surface area (Å²) < 4.78 is 4.46. The molecular weight excluding hydrogens is 164 g/mol. The van der Waals surface area contributed by atoms with Gasteiger partial charge in [-0.15, -0.1) is 0 Å². The first kappa shape index (κ1) is 10.7. The minimum absolute atomic E-state index is 0.159. The van der Waals surface area contributed by atoms with Crippen molar-refractivity contribution in [2.75, 3.05) is 13.2 Å². The Morgan fingerprint density at radius 2 is 2.25 bits per heavy atom. The van der Waals surface area contributed by atoms with Crippen LogP contribution in [-0.2, 0) is 9.53 Å². The van der Waals surface area contributed by atoms with Crippen molar-refractivity contribution in [2.24, 2.45) is 5.73 Å². The third kappa shape index (κ3) is 3.77. The van der Waals surface area contributed by atoms with Crippen LogP contribution in [0.5, 0.6) is 0 Å². The van der Waals surface area contributed by atoms with Gasteiger partial charge in [-0.1, -0.05) is 0 Å². The lowest BCUT2D eigenvalue weighted by atomic mass is 10.3. The van der Waals surface area contributed by atoms with Gasteiger partial charge >= 0.3 is 12.1 Å². The highest BCUT2D eigenvalue weighted by atomic mass is 16.5. The number of ether oxygens (including phenoxy) is 1. The van der Waals surface area contributed by atoms with Crippen molar-refractivity contribution >= 4 is 12.1 Å². The first-order valence-electron chi connectivity index (χ1n) is 3.48. The molecule has 0 bridgehead atoms. The maximum Gasteiger partial charge on any atom is 0.407 e. The molecule has 0 aliphatic heterocycles. The summed E-state index contributed by atoms with van der Waals surface area (Å²) in [5, 5.41) is 10.5. The summed E-state index contributed by atoms with van der Waals surface area (Å²) in [5.41, 5.74) is 5.07. The second kappa shape index (κ2) is 5.36. The van der Waals surface area contributed by atoms with Gasteiger partial charge in [0.05, 0.1) is 6.61 Å². The zero-order chi connectivity index (χ0) is 9.56. The van der Waals surface area contributed by atoms with Crippen LogP contribution in [0.15, 0.2) is 0 Å². The Kier molecular flexibility index (Phi) is 4.78. The van der Waals surface area contributed by atoms with E-state index in [1.165, 1.54) is 0 Å². The van der Waals surface area contributed by atoms with Gasteiger partial charge in [0.25, 0.3) is 0 Å². The van der Waals surface area contributed by atoms with E-state index in [2.05, 4.69) is 10.1 Å². The molecule has 0 aromatic carbocycles. The van der Waals surface area contributed by atoms with Gasteiger partial charge in [0.2, 0.25) is 0 Å². The Hall–Kier alpha value is -1.30. The SMILES string of the molecule is CCOC(=O)NC(CN)C(=O)O. The lowest BCUT2D eigenvalue weighted by Gasteiger charge is -2.10. The molecule has 6 heteroatoms. The number of carbonyl (C=O) groups excluding carboxylic acids is 1. The fraction of sp³-hybridized carbons (Fsp3) is 0.667. The van der Waals surface area contributed by atoms with Crippen LogP contribution in [0.2, 0.25) is 0 Å². The molecule has 0 aliphatic carbocycles. The normalized spacial score (nSPS) is 11.8. The number of hydrogen-bond donors (Lipinski definition) is 3. The molecule has 0 saturated carbocycles. The quantitative estimate of drug-likeness (QED) is 0.517. The third-order valence-electron chi connectivity index (χ3n) is 1.10. The number of nitrogens with two attached hydrogens (primary N) is 1. The number of hydrogen-bond acceptors (Lipinski definition) is 4. The van der Waals surface area contributed by atoms with Crippen LogP contribution in [0, 0.1) is 0 Å². The highest BCUT2D eigenvalue weighted by molar-refractivity contribution is 5.80. The molecule has 0 radical (unpaired) electrons. The smallest absolute Gasteiger partial charge is 0.407 e. The molecule has 0 heterocycles. The zero-order valence-electron chi connectivity index (χ0n) is 6.74. The average Bonchev–Trinajstić information content (AvgIpc) is 2.00. The molecule has 0 saturated heterocycles. The molecule has 12 heavy (non-hydrogen) atoms. The van der Waals surface area contributed by atoms with Crippen LogP contribution < -0.4 is 11.1 Å². The van der Waals surface area contributed by atoms with E-state index in [1.807, 2.05) is 0 Å². The van der Waals surface area contributed by atoms with Crippen molar-refractivity contribution in [2.45, 2.75) is 13.0 Å². The molecule has 1 atom stereocenters. The van der Waals surface area contributed by atoms with Crippen LogP contribution in [-0.4, -0.2) is 36.4 Å². The molecule has 4 N–H and O–H groups in total. The number of aliphatic carboxylic acids is 1. The summed E-state index contributed by atoms with van der Waals surface area (Å²) in [5.74, 6) is -1.18. The van der Waals surface area contributed by atoms with Crippen molar-refractivity contribution in [1.29, 1.82) is 0 Å². The molecule has 6 nitrogen and oxygen atoms in total. The van der Waals surface area contributed by atoms with Gasteiger partial charge in [0.1, 0.15) is 6.04 Å². The fourth-order valence-electron chi connectivity index (χ4n) is 0.537. The molecular formula is C6H12N2O4. The standard InChI is InChI=1S/C6H12N2O4/c1-2-12-6(11)8-4(3-7)5(9)10/h4H,2-3,7H2,1H3,(H,8,11)(H,9,10). The second-order valence-electron chi connectivity index (χ2n) is 1.99. The molecule has 70 valence electrons. The molecule has 0 fully saturated rings. The maximum atomic E-state index is 10.7. The van der Waals surface area contributed by atoms with E-state index >= 15 is 0 Å². The summed E-state index contributed by atoms with van der Waals surface area (Å²) in [6, 6.07) is -1.08. The van der Waals surface area contributed by atoms with Crippen LogP contribution >= 0.6 is 0 Å². The summed E-state index contributed by atoms with van der Waals surface area (Å²) in [6.45, 7) is 1.66. The van der Waals surface area contributed by atoms with Gasteiger partial charge in [-0.25, -0.2) is 9.59 Å². The number of alkyl carbamates (subject to hydrolysis) is 1. The van der Waals surface area contributed by atoms with Crippen molar-refractivity contribution < 1.29 is 19.4 Å². The number of rotatable bonds is 4. The van der Waals surface area contributed by atoms with Gasteiger partial charge < -0.3 is 20.9 Å². The molecule has 0 spiro atoms.